The van der Waals surface area contributed by atoms with E-state index in [2.05, 4.69) is 20.4 Å². The molecule has 1 unspecified atom stereocenters. The summed E-state index contributed by atoms with van der Waals surface area (Å²) in [5.41, 5.74) is 19.4. The third kappa shape index (κ3) is 9.27. The summed E-state index contributed by atoms with van der Waals surface area (Å²) in [7, 11) is -4.77. The zero-order valence-electron chi connectivity index (χ0n) is 22.3. The van der Waals surface area contributed by atoms with Crippen LogP contribution in [0.25, 0.3) is 0 Å². The van der Waals surface area contributed by atoms with E-state index in [0.29, 0.717) is 37.9 Å². The number of nitrogens with one attached hydrogen (secondary N) is 1. The van der Waals surface area contributed by atoms with Gasteiger partial charge in [-0.3, -0.25) is 19.1 Å². The predicted octanol–water partition coefficient (Wildman–Crippen LogP) is -0.730. The van der Waals surface area contributed by atoms with Crippen molar-refractivity contribution >= 4 is 50.8 Å². The van der Waals surface area contributed by atoms with Crippen LogP contribution in [0, 0.1) is 0 Å². The zero-order chi connectivity index (χ0) is 30.0. The summed E-state index contributed by atoms with van der Waals surface area (Å²) < 4.78 is 37.5. The smallest absolute Gasteiger partial charge is 0.362 e. The Labute approximate surface area is 241 Å². The molecule has 0 spiro atoms. The molecule has 0 fully saturated rings. The third-order valence-electron chi connectivity index (χ3n) is 5.68. The maximum atomic E-state index is 12.8. The number of amides is 2. The van der Waals surface area contributed by atoms with Gasteiger partial charge in [-0.25, -0.2) is 9.29 Å². The molecule has 16 nitrogen and oxygen atoms in total. The highest BCUT2D eigenvalue weighted by molar-refractivity contribution is 7.83. The number of guanidine groups is 1. The van der Waals surface area contributed by atoms with Gasteiger partial charge in [-0.2, -0.15) is 8.42 Å². The standard InChI is InChI=1S/C23H33N9O7S2/c1-15(10-32(14-33)41(35,36)37)28-21(34)20(19-13-40-23(26)29-19)30-39-8-7-38-18-4-3-16-11-31(12-17(16)9-18)22(25)27-6-2-5-24/h3-4,9,13-15H,2,5-8,10-12,24H2,1H3,(H2,25,27)(H2,26,29)(H,28,34)(H,35,36,37)/b30-20-. The number of anilines is 1. The maximum Gasteiger partial charge on any atom is 0.362 e. The van der Waals surface area contributed by atoms with Crippen LogP contribution in [0.15, 0.2) is 33.7 Å². The summed E-state index contributed by atoms with van der Waals surface area (Å²) in [5.74, 6) is 0.326. The minimum Gasteiger partial charge on any atom is -0.490 e. The first-order valence-corrected chi connectivity index (χ1v) is 14.7. The van der Waals surface area contributed by atoms with Gasteiger partial charge in [0.1, 0.15) is 18.1 Å². The van der Waals surface area contributed by atoms with Gasteiger partial charge in [0, 0.05) is 31.1 Å². The van der Waals surface area contributed by atoms with Crippen molar-refractivity contribution in [3.8, 4) is 5.75 Å². The Morgan fingerprint density at radius 3 is 2.76 bits per heavy atom. The van der Waals surface area contributed by atoms with Crippen LogP contribution in [0.1, 0.15) is 30.2 Å². The molecule has 0 aliphatic carbocycles. The molecule has 0 saturated carbocycles. The largest absolute Gasteiger partial charge is 0.490 e. The van der Waals surface area contributed by atoms with Crippen molar-refractivity contribution < 1.29 is 32.1 Å². The molecule has 1 aromatic carbocycles. The average molecular weight is 612 g/mol. The second-order valence-corrected chi connectivity index (χ2v) is 11.1. The fourth-order valence-corrected chi connectivity index (χ4v) is 4.78. The number of aromatic nitrogens is 1. The van der Waals surface area contributed by atoms with Crippen molar-refractivity contribution in [1.82, 2.24) is 19.5 Å². The quantitative estimate of drug-likeness (QED) is 0.0418. The fourth-order valence-electron chi connectivity index (χ4n) is 3.71. The van der Waals surface area contributed by atoms with E-state index in [1.54, 1.807) is 0 Å². The number of hydrogen-bond donors (Lipinski definition) is 5. The van der Waals surface area contributed by atoms with Gasteiger partial charge in [-0.15, -0.1) is 11.3 Å². The van der Waals surface area contributed by atoms with E-state index in [-0.39, 0.29) is 40.5 Å². The third-order valence-corrected chi connectivity index (χ3v) is 7.19. The van der Waals surface area contributed by atoms with E-state index in [9.17, 15) is 18.0 Å². The first-order valence-electron chi connectivity index (χ1n) is 12.4. The molecule has 0 bridgehead atoms. The number of rotatable bonds is 15. The minimum atomic E-state index is -4.77. The Balaban J connectivity index is 1.56. The monoisotopic (exact) mass is 611 g/mol. The van der Waals surface area contributed by atoms with E-state index in [1.807, 2.05) is 23.1 Å². The Hall–Kier alpha value is -4.00. The maximum absolute atomic E-state index is 12.8. The van der Waals surface area contributed by atoms with Gasteiger partial charge < -0.3 is 37.0 Å². The number of fused-ring (bicyclic) bond motifs is 1. The first kappa shape index (κ1) is 31.5. The minimum absolute atomic E-state index is 0.0163. The summed E-state index contributed by atoms with van der Waals surface area (Å²) in [6.07, 6.45) is 0.703. The molecule has 2 amide bonds. The summed E-state index contributed by atoms with van der Waals surface area (Å²) in [6, 6.07) is 4.82. The first-order chi connectivity index (χ1) is 19.5. The molecule has 2 aromatic rings. The Kier molecular flexibility index (Phi) is 11.2. The lowest BCUT2D eigenvalue weighted by Crippen LogP contribution is -2.46. The highest BCUT2D eigenvalue weighted by atomic mass is 32.2. The van der Waals surface area contributed by atoms with Crippen LogP contribution in [0.2, 0.25) is 0 Å². The molecular weight excluding hydrogens is 578 g/mol. The second-order valence-electron chi connectivity index (χ2n) is 8.89. The van der Waals surface area contributed by atoms with E-state index in [0.717, 1.165) is 28.9 Å². The van der Waals surface area contributed by atoms with Crippen LogP contribution in [-0.4, -0.2) is 90.0 Å². The Morgan fingerprint density at radius 1 is 1.34 bits per heavy atom. The highest BCUT2D eigenvalue weighted by Gasteiger charge is 2.24. The van der Waals surface area contributed by atoms with Crippen LogP contribution in [0.4, 0.5) is 5.13 Å². The number of oxime groups is 1. The Bertz CT molecular complexity index is 1380. The molecule has 1 atom stereocenters. The number of aliphatic imine (C=N–C) groups is 1. The second kappa shape index (κ2) is 14.6. The van der Waals surface area contributed by atoms with E-state index < -0.39 is 28.8 Å². The van der Waals surface area contributed by atoms with Crippen molar-refractivity contribution in [1.29, 1.82) is 0 Å². The predicted molar refractivity (Wildman–Crippen MR) is 152 cm³/mol. The molecule has 2 heterocycles. The average Bonchev–Trinajstić information content (AvgIpc) is 3.54. The van der Waals surface area contributed by atoms with Crippen molar-refractivity contribution in [2.24, 2.45) is 21.6 Å². The van der Waals surface area contributed by atoms with E-state index in [4.69, 9.17) is 31.3 Å². The lowest BCUT2D eigenvalue weighted by molar-refractivity contribution is -0.117. The van der Waals surface area contributed by atoms with Crippen molar-refractivity contribution in [2.45, 2.75) is 32.5 Å². The van der Waals surface area contributed by atoms with Gasteiger partial charge in [0.2, 0.25) is 6.41 Å². The van der Waals surface area contributed by atoms with Gasteiger partial charge >= 0.3 is 10.3 Å². The summed E-state index contributed by atoms with van der Waals surface area (Å²) >= 11 is 1.08. The highest BCUT2D eigenvalue weighted by Crippen LogP contribution is 2.26. The number of thiazole rings is 1. The van der Waals surface area contributed by atoms with Crippen molar-refractivity contribution in [3.63, 3.8) is 0 Å². The summed E-state index contributed by atoms with van der Waals surface area (Å²) in [5, 5.41) is 8.05. The number of hydrogen-bond acceptors (Lipinski definition) is 12. The van der Waals surface area contributed by atoms with E-state index >= 15 is 0 Å². The number of carbonyl (C=O) groups excluding carboxylic acids is 2. The number of carbonyl (C=O) groups is 2. The molecule has 1 aromatic heterocycles. The van der Waals surface area contributed by atoms with Gasteiger partial charge in [-0.1, -0.05) is 11.2 Å². The lowest BCUT2D eigenvalue weighted by Gasteiger charge is -2.19. The summed E-state index contributed by atoms with van der Waals surface area (Å²) in [4.78, 5) is 39.5. The van der Waals surface area contributed by atoms with Crippen molar-refractivity contribution in [2.75, 3.05) is 38.6 Å². The van der Waals surface area contributed by atoms with Gasteiger partial charge in [0.25, 0.3) is 5.91 Å². The number of nitrogens with zero attached hydrogens (tertiary/aromatic N) is 5. The van der Waals surface area contributed by atoms with E-state index in [1.165, 1.54) is 12.3 Å². The molecular formula is C23H33N9O7S2. The van der Waals surface area contributed by atoms with Crippen LogP contribution < -0.4 is 27.3 Å². The number of nitrogens with two attached hydrogens (primary N) is 3. The van der Waals surface area contributed by atoms with Crippen LogP contribution in [0.5, 0.6) is 5.75 Å². The zero-order valence-corrected chi connectivity index (χ0v) is 23.9. The van der Waals surface area contributed by atoms with Crippen LogP contribution >= 0.6 is 11.3 Å². The number of benzene rings is 1. The molecule has 1 aliphatic rings. The molecule has 224 valence electrons. The van der Waals surface area contributed by atoms with Gasteiger partial charge in [0.15, 0.2) is 23.4 Å². The van der Waals surface area contributed by atoms with Gasteiger partial charge in [-0.05, 0) is 43.1 Å². The molecule has 41 heavy (non-hydrogen) atoms. The molecule has 1 aliphatic heterocycles. The topological polar surface area (TPSA) is 241 Å². The molecule has 0 saturated heterocycles. The molecule has 8 N–H and O–H groups in total. The molecule has 0 radical (unpaired) electrons. The molecule has 3 rings (SSSR count). The lowest BCUT2D eigenvalue weighted by atomic mass is 10.1. The number of nitrogen functional groups attached to an aromatic ring is 1. The SMILES string of the molecule is CC(CN(C=O)S(=O)(=O)O)NC(=O)/C(=N\OCCOc1ccc2c(c1)CN(C(N)=NCCCN)C2)c1csc(N)n1. The van der Waals surface area contributed by atoms with Crippen LogP contribution in [-0.2, 0) is 37.8 Å². The normalized spacial score (nSPS) is 14.4. The van der Waals surface area contributed by atoms with Gasteiger partial charge in [0.05, 0.1) is 6.54 Å². The molecule has 18 heteroatoms. The number of ether oxygens (including phenoxy) is 1. The fraction of sp³-hybridized carbons (Fsp3) is 0.435. The Morgan fingerprint density at radius 2 is 2.10 bits per heavy atom. The summed E-state index contributed by atoms with van der Waals surface area (Å²) in [6.45, 7) is 3.41. The van der Waals surface area contributed by atoms with Crippen LogP contribution in [0.3, 0.4) is 0 Å². The van der Waals surface area contributed by atoms with Crippen molar-refractivity contribution in [3.05, 3.63) is 40.4 Å².